The fraction of sp³-hybridized carbons (Fsp3) is 0.859. The number of aliphatic hydroxyl groups is 11. The molecule has 0 aliphatic carbocycles. The number of carbonyl (C=O) groups is 1. The first-order chi connectivity index (χ1) is 47.3. The third kappa shape index (κ3) is 39.6. The van der Waals surface area contributed by atoms with Gasteiger partial charge in [0.15, 0.2) is 18.9 Å². The van der Waals surface area contributed by atoms with Gasteiger partial charge in [0.2, 0.25) is 5.91 Å². The molecule has 0 aromatic heterocycles. The fourth-order valence-corrected chi connectivity index (χ4v) is 13.0. The Morgan fingerprint density at radius 3 is 1.09 bits per heavy atom. The predicted molar refractivity (Wildman–Crippen MR) is 383 cm³/mol. The Morgan fingerprint density at radius 1 is 0.371 bits per heavy atom. The van der Waals surface area contributed by atoms with Crippen LogP contribution < -0.4 is 5.32 Å². The van der Waals surface area contributed by atoms with Gasteiger partial charge in [-0.3, -0.25) is 4.79 Å². The molecule has 3 heterocycles. The van der Waals surface area contributed by atoms with Gasteiger partial charge in [-0.1, -0.05) is 274 Å². The van der Waals surface area contributed by atoms with Crippen LogP contribution in [0.25, 0.3) is 0 Å². The van der Waals surface area contributed by atoms with Crippen molar-refractivity contribution >= 4 is 5.91 Å². The molecule has 17 unspecified atom stereocenters. The van der Waals surface area contributed by atoms with Crippen molar-refractivity contribution in [3.8, 4) is 0 Å². The summed E-state index contributed by atoms with van der Waals surface area (Å²) in [6.07, 6.45) is 47.8. The van der Waals surface area contributed by atoms with Crippen LogP contribution in [0.15, 0.2) is 60.8 Å². The predicted octanol–water partition coefficient (Wildman–Crippen LogP) is 12.3. The minimum Gasteiger partial charge on any atom is -0.394 e. The van der Waals surface area contributed by atoms with Crippen LogP contribution in [0.4, 0.5) is 0 Å². The van der Waals surface area contributed by atoms with E-state index in [4.69, 9.17) is 28.4 Å². The molecule has 12 N–H and O–H groups in total. The van der Waals surface area contributed by atoms with Crippen LogP contribution in [0.1, 0.15) is 296 Å². The standard InChI is InChI=1S/C78H141NO18/c1-3-5-7-9-11-13-15-17-19-21-23-25-27-28-29-30-31-32-34-35-37-39-41-43-45-47-49-51-53-55-62(83)61(79-66(84)56-54-52-50-48-46-44-42-40-38-36-33-26-24-22-20-18-16-14-12-10-8-6-4-2)60-92-76-72(90)69(87)74(64(58-81)94-76)97-78-73(91)70(88)75(65(59-82)95-78)96-77-71(89)68(86)67(85)63(57-80)93-77/h16,18,22,24,37,39,45,47,53,55,61-65,67-78,80-83,85-91H,3-15,17,19-21,23,25-36,38,40-44,46,48-52,54,56-60H2,1-2H3,(H,79,84)/b18-16-,24-22-,39-37+,47-45+,55-53+. The molecule has 0 spiro atoms. The van der Waals surface area contributed by atoms with Gasteiger partial charge in [-0.2, -0.15) is 0 Å². The molecule has 3 rings (SSSR count). The van der Waals surface area contributed by atoms with Crippen molar-refractivity contribution in [2.45, 2.75) is 401 Å². The Balaban J connectivity index is 1.41. The Kier molecular flexibility index (Phi) is 53.9. The Labute approximate surface area is 586 Å². The second kappa shape index (κ2) is 58.9. The lowest BCUT2D eigenvalue weighted by Crippen LogP contribution is -2.66. The van der Waals surface area contributed by atoms with Gasteiger partial charge < -0.3 is 89.9 Å². The summed E-state index contributed by atoms with van der Waals surface area (Å²) in [4.78, 5) is 13.4. The molecular weight excluding hydrogens is 1240 g/mol. The van der Waals surface area contributed by atoms with Gasteiger partial charge >= 0.3 is 0 Å². The molecule has 3 fully saturated rings. The second-order valence-corrected chi connectivity index (χ2v) is 27.8. The summed E-state index contributed by atoms with van der Waals surface area (Å²) in [7, 11) is 0. The number of unbranched alkanes of at least 4 members (excludes halogenated alkanes) is 37. The van der Waals surface area contributed by atoms with Gasteiger partial charge in [-0.25, -0.2) is 0 Å². The highest BCUT2D eigenvalue weighted by atomic mass is 16.8. The van der Waals surface area contributed by atoms with Gasteiger partial charge in [0, 0.05) is 6.42 Å². The van der Waals surface area contributed by atoms with Crippen LogP contribution in [0.2, 0.25) is 0 Å². The molecule has 1 amide bonds. The van der Waals surface area contributed by atoms with E-state index in [-0.39, 0.29) is 18.9 Å². The Morgan fingerprint density at radius 2 is 0.691 bits per heavy atom. The summed E-state index contributed by atoms with van der Waals surface area (Å²) in [5.74, 6) is -0.290. The molecule has 3 saturated heterocycles. The van der Waals surface area contributed by atoms with Crippen LogP contribution in [-0.2, 0) is 33.2 Å². The molecule has 0 saturated carbocycles. The summed E-state index contributed by atoms with van der Waals surface area (Å²) in [5, 5.41) is 121. The summed E-state index contributed by atoms with van der Waals surface area (Å²) in [5.41, 5.74) is 0. The molecular formula is C78H141NO18. The molecule has 97 heavy (non-hydrogen) atoms. The number of aliphatic hydroxyl groups excluding tert-OH is 11. The smallest absolute Gasteiger partial charge is 0.220 e. The maximum atomic E-state index is 13.4. The first-order valence-corrected chi connectivity index (χ1v) is 39.0. The minimum atomic E-state index is -1.99. The average molecular weight is 1380 g/mol. The van der Waals surface area contributed by atoms with Gasteiger partial charge in [-0.05, 0) is 77.0 Å². The normalized spacial score (nSPS) is 27.2. The van der Waals surface area contributed by atoms with Gasteiger partial charge in [-0.15, -0.1) is 0 Å². The van der Waals surface area contributed by atoms with Crippen molar-refractivity contribution < 1.29 is 89.4 Å². The zero-order chi connectivity index (χ0) is 70.4. The number of rotatable bonds is 61. The topological polar surface area (TPSA) is 307 Å². The molecule has 17 atom stereocenters. The van der Waals surface area contributed by atoms with Crippen LogP contribution in [0.3, 0.4) is 0 Å². The second-order valence-electron chi connectivity index (χ2n) is 27.8. The SMILES string of the molecule is CCCCCCC/C=C\C/C=C\CCCCCCCCCCCCCC(=O)NC(COC1OC(CO)C(OC2OC(CO)C(OC3OC(CO)C(O)C(O)C3O)C(O)C2O)C(O)C1O)C(O)/C=C/CC/C=C/CC/C=C/CCCCCCCCCCCCCCCCCCCCC. The lowest BCUT2D eigenvalue weighted by molar-refractivity contribution is -0.379. The number of allylic oxidation sites excluding steroid dienone is 9. The van der Waals surface area contributed by atoms with E-state index in [1.54, 1.807) is 6.08 Å². The van der Waals surface area contributed by atoms with Crippen LogP contribution in [-0.4, -0.2) is 193 Å². The first kappa shape index (κ1) is 88.7. The first-order valence-electron chi connectivity index (χ1n) is 39.0. The van der Waals surface area contributed by atoms with Crippen molar-refractivity contribution in [2.24, 2.45) is 0 Å². The zero-order valence-electron chi connectivity index (χ0n) is 60.3. The quantitative estimate of drug-likeness (QED) is 0.0199. The van der Waals surface area contributed by atoms with Gasteiger partial charge in [0.05, 0.1) is 38.6 Å². The number of ether oxygens (including phenoxy) is 6. The molecule has 0 aromatic carbocycles. The monoisotopic (exact) mass is 1380 g/mol. The van der Waals surface area contributed by atoms with E-state index in [1.807, 2.05) is 6.08 Å². The van der Waals surface area contributed by atoms with E-state index in [2.05, 4.69) is 67.8 Å². The molecule has 0 radical (unpaired) electrons. The number of carbonyl (C=O) groups excluding carboxylic acids is 1. The third-order valence-electron chi connectivity index (χ3n) is 19.3. The van der Waals surface area contributed by atoms with E-state index >= 15 is 0 Å². The van der Waals surface area contributed by atoms with E-state index in [0.717, 1.165) is 64.2 Å². The maximum absolute atomic E-state index is 13.4. The van der Waals surface area contributed by atoms with Gasteiger partial charge in [0.1, 0.15) is 73.2 Å². The average Bonchev–Trinajstić information content (AvgIpc) is 0.826. The third-order valence-corrected chi connectivity index (χ3v) is 19.3. The lowest BCUT2D eigenvalue weighted by Gasteiger charge is -2.48. The van der Waals surface area contributed by atoms with Crippen LogP contribution in [0, 0.1) is 0 Å². The number of hydrogen-bond acceptors (Lipinski definition) is 18. The number of hydrogen-bond donors (Lipinski definition) is 12. The molecule has 19 nitrogen and oxygen atoms in total. The van der Waals surface area contributed by atoms with Crippen molar-refractivity contribution in [1.29, 1.82) is 0 Å². The molecule has 566 valence electrons. The van der Waals surface area contributed by atoms with Crippen molar-refractivity contribution in [2.75, 3.05) is 26.4 Å². The molecule has 19 heteroatoms. The highest BCUT2D eigenvalue weighted by Gasteiger charge is 2.53. The van der Waals surface area contributed by atoms with Crippen LogP contribution in [0.5, 0.6) is 0 Å². The largest absolute Gasteiger partial charge is 0.394 e. The number of nitrogens with one attached hydrogen (secondary N) is 1. The maximum Gasteiger partial charge on any atom is 0.220 e. The van der Waals surface area contributed by atoms with E-state index < -0.39 is 124 Å². The summed E-state index contributed by atoms with van der Waals surface area (Å²) in [6, 6.07) is -1.00. The summed E-state index contributed by atoms with van der Waals surface area (Å²) in [6.45, 7) is 1.73. The highest BCUT2D eigenvalue weighted by Crippen LogP contribution is 2.33. The lowest BCUT2D eigenvalue weighted by atomic mass is 9.96. The molecule has 3 aliphatic heterocycles. The van der Waals surface area contributed by atoms with Crippen LogP contribution >= 0.6 is 0 Å². The van der Waals surface area contributed by atoms with Crippen molar-refractivity contribution in [3.63, 3.8) is 0 Å². The van der Waals surface area contributed by atoms with E-state index in [1.165, 1.54) is 199 Å². The fourth-order valence-electron chi connectivity index (χ4n) is 13.0. The minimum absolute atomic E-state index is 0.228. The Bertz CT molecular complexity index is 1990. The molecule has 0 bridgehead atoms. The zero-order valence-corrected chi connectivity index (χ0v) is 60.3. The van der Waals surface area contributed by atoms with E-state index in [9.17, 15) is 61.0 Å². The highest BCUT2D eigenvalue weighted by molar-refractivity contribution is 5.76. The number of amides is 1. The summed E-state index contributed by atoms with van der Waals surface area (Å²) < 4.78 is 34.4. The van der Waals surface area contributed by atoms with E-state index in [0.29, 0.717) is 12.8 Å². The van der Waals surface area contributed by atoms with Crippen molar-refractivity contribution in [3.05, 3.63) is 60.8 Å². The van der Waals surface area contributed by atoms with Gasteiger partial charge in [0.25, 0.3) is 0 Å². The Hall–Kier alpha value is -2.51. The molecule has 0 aromatic rings. The summed E-state index contributed by atoms with van der Waals surface area (Å²) >= 11 is 0. The molecule has 3 aliphatic rings. The van der Waals surface area contributed by atoms with Crippen molar-refractivity contribution in [1.82, 2.24) is 5.32 Å².